The maximum Gasteiger partial charge on any atom is 0.251 e. The minimum absolute atomic E-state index is 0.113. The minimum Gasteiger partial charge on any atom is -0.348 e. The van der Waals surface area contributed by atoms with Crippen molar-refractivity contribution in [1.29, 1.82) is 0 Å². The number of nitrogens with zero attached hydrogens (tertiary/aromatic N) is 1. The molecule has 2 atom stereocenters. The summed E-state index contributed by atoms with van der Waals surface area (Å²) in [5, 5.41) is 3.12. The van der Waals surface area contributed by atoms with Crippen LogP contribution in [0.4, 0.5) is 0 Å². The highest BCUT2D eigenvalue weighted by atomic mass is 32.2. The summed E-state index contributed by atoms with van der Waals surface area (Å²) in [6.07, 6.45) is 5.80. The van der Waals surface area contributed by atoms with Crippen LogP contribution in [0.5, 0.6) is 0 Å². The molecule has 6 heteroatoms. The van der Waals surface area contributed by atoms with Crippen molar-refractivity contribution in [2.45, 2.75) is 42.7 Å². The first kappa shape index (κ1) is 15.5. The van der Waals surface area contributed by atoms with E-state index in [4.69, 9.17) is 0 Å². The Kier molecular flexibility index (Phi) is 4.23. The molecule has 0 radical (unpaired) electrons. The molecule has 0 unspecified atom stereocenters. The van der Waals surface area contributed by atoms with E-state index < -0.39 is 9.84 Å². The van der Waals surface area contributed by atoms with Crippen molar-refractivity contribution in [3.05, 3.63) is 29.8 Å². The zero-order chi connectivity index (χ0) is 15.7. The molecule has 1 aromatic carbocycles. The second-order valence-corrected chi connectivity index (χ2v) is 8.28. The van der Waals surface area contributed by atoms with E-state index >= 15 is 0 Å². The molecule has 0 spiro atoms. The van der Waals surface area contributed by atoms with Crippen LogP contribution in [0, 0.1) is 0 Å². The van der Waals surface area contributed by atoms with Gasteiger partial charge >= 0.3 is 0 Å². The lowest BCUT2D eigenvalue weighted by Crippen LogP contribution is -2.46. The van der Waals surface area contributed by atoms with Gasteiger partial charge in [-0.3, -0.25) is 9.69 Å². The van der Waals surface area contributed by atoms with Crippen molar-refractivity contribution < 1.29 is 13.2 Å². The van der Waals surface area contributed by atoms with Gasteiger partial charge in [0.05, 0.1) is 4.90 Å². The first-order chi connectivity index (χ1) is 10.4. The number of carbonyl (C=O) groups is 1. The molecule has 2 aliphatic rings. The predicted molar refractivity (Wildman–Crippen MR) is 84.6 cm³/mol. The van der Waals surface area contributed by atoms with Crippen LogP contribution in [0.25, 0.3) is 0 Å². The zero-order valence-corrected chi connectivity index (χ0v) is 13.6. The summed E-state index contributed by atoms with van der Waals surface area (Å²) in [6.45, 7) is 2.20. The highest BCUT2D eigenvalue weighted by Gasteiger charge is 2.36. The molecule has 22 heavy (non-hydrogen) atoms. The predicted octanol–water partition coefficient (Wildman–Crippen LogP) is 1.45. The van der Waals surface area contributed by atoms with Crippen molar-refractivity contribution in [3.8, 4) is 0 Å². The molecule has 0 saturated carbocycles. The lowest BCUT2D eigenvalue weighted by molar-refractivity contribution is 0.0915. The van der Waals surface area contributed by atoms with Gasteiger partial charge in [-0.1, -0.05) is 6.42 Å². The van der Waals surface area contributed by atoms with E-state index in [-0.39, 0.29) is 16.8 Å². The largest absolute Gasteiger partial charge is 0.348 e. The summed E-state index contributed by atoms with van der Waals surface area (Å²) in [7, 11) is -3.22. The van der Waals surface area contributed by atoms with Gasteiger partial charge in [0.1, 0.15) is 0 Å². The molecule has 2 saturated heterocycles. The second-order valence-electron chi connectivity index (χ2n) is 6.26. The summed E-state index contributed by atoms with van der Waals surface area (Å²) < 4.78 is 22.9. The molecule has 1 aromatic rings. The van der Waals surface area contributed by atoms with Crippen molar-refractivity contribution in [2.24, 2.45) is 0 Å². The number of piperidine rings is 1. The normalized spacial score (nSPS) is 25.7. The van der Waals surface area contributed by atoms with Crippen LogP contribution in [0.1, 0.15) is 36.0 Å². The number of rotatable bonds is 3. The van der Waals surface area contributed by atoms with Gasteiger partial charge in [-0.15, -0.1) is 0 Å². The van der Waals surface area contributed by atoms with Crippen LogP contribution in [-0.2, 0) is 9.84 Å². The van der Waals surface area contributed by atoms with E-state index in [9.17, 15) is 13.2 Å². The van der Waals surface area contributed by atoms with Crippen LogP contribution in [0.15, 0.2) is 29.2 Å². The molecule has 1 N–H and O–H groups in total. The average Bonchev–Trinajstić information content (AvgIpc) is 2.90. The molecule has 2 heterocycles. The lowest BCUT2D eigenvalue weighted by atomic mass is 9.99. The Morgan fingerprint density at radius 1 is 1.14 bits per heavy atom. The van der Waals surface area contributed by atoms with E-state index in [1.165, 1.54) is 25.0 Å². The number of hydrogen-bond acceptors (Lipinski definition) is 4. The van der Waals surface area contributed by atoms with Gasteiger partial charge in [0.25, 0.3) is 5.91 Å². The van der Waals surface area contributed by atoms with Gasteiger partial charge in [0.2, 0.25) is 0 Å². The molecule has 0 bridgehead atoms. The van der Waals surface area contributed by atoms with Gasteiger partial charge in [0.15, 0.2) is 9.84 Å². The summed E-state index contributed by atoms with van der Waals surface area (Å²) in [4.78, 5) is 15.1. The fraction of sp³-hybridized carbons (Fsp3) is 0.562. The van der Waals surface area contributed by atoms with Crippen LogP contribution in [-0.4, -0.2) is 50.7 Å². The van der Waals surface area contributed by atoms with Crippen LogP contribution in [0.3, 0.4) is 0 Å². The van der Waals surface area contributed by atoms with Gasteiger partial charge in [-0.25, -0.2) is 8.42 Å². The maximum atomic E-state index is 12.4. The maximum absolute atomic E-state index is 12.4. The third-order valence-electron chi connectivity index (χ3n) is 4.72. The monoisotopic (exact) mass is 322 g/mol. The topological polar surface area (TPSA) is 66.5 Å². The smallest absolute Gasteiger partial charge is 0.251 e. The van der Waals surface area contributed by atoms with Crippen molar-refractivity contribution in [1.82, 2.24) is 10.2 Å². The number of sulfone groups is 1. The standard InChI is InChI=1S/C16H22N2O3S/c1-22(20,21)13-7-5-12(6-8-13)16(19)17-14-9-11-18-10-3-2-4-15(14)18/h5-8,14-15H,2-4,9-11H2,1H3,(H,17,19)/t14-,15-/m0/s1. The first-order valence-corrected chi connectivity index (χ1v) is 9.69. The third kappa shape index (κ3) is 3.17. The minimum atomic E-state index is -3.22. The lowest BCUT2D eigenvalue weighted by Gasteiger charge is -2.32. The average molecular weight is 322 g/mol. The van der Waals surface area contributed by atoms with Crippen molar-refractivity contribution in [3.63, 3.8) is 0 Å². The van der Waals surface area contributed by atoms with E-state index in [0.717, 1.165) is 32.2 Å². The van der Waals surface area contributed by atoms with E-state index in [1.807, 2.05) is 0 Å². The Balaban J connectivity index is 1.67. The molecular formula is C16H22N2O3S. The summed E-state index contributed by atoms with van der Waals surface area (Å²) in [6, 6.07) is 6.83. The van der Waals surface area contributed by atoms with Crippen LogP contribution in [0.2, 0.25) is 0 Å². The number of benzene rings is 1. The second kappa shape index (κ2) is 6.01. The van der Waals surface area contributed by atoms with Crippen LogP contribution < -0.4 is 5.32 Å². The summed E-state index contributed by atoms with van der Waals surface area (Å²) >= 11 is 0. The number of amides is 1. The number of fused-ring (bicyclic) bond motifs is 1. The van der Waals surface area contributed by atoms with Crippen LogP contribution >= 0.6 is 0 Å². The van der Waals surface area contributed by atoms with Gasteiger partial charge in [0, 0.05) is 30.4 Å². The van der Waals surface area contributed by atoms with Gasteiger partial charge in [-0.05, 0) is 50.1 Å². The number of carbonyl (C=O) groups excluding carboxylic acids is 1. The molecule has 0 aromatic heterocycles. The van der Waals surface area contributed by atoms with Gasteiger partial charge in [-0.2, -0.15) is 0 Å². The van der Waals surface area contributed by atoms with E-state index in [2.05, 4.69) is 10.2 Å². The molecule has 3 rings (SSSR count). The Hall–Kier alpha value is -1.40. The van der Waals surface area contributed by atoms with E-state index in [0.29, 0.717) is 11.6 Å². The Bertz CT molecular complexity index is 654. The molecule has 2 aliphatic heterocycles. The summed E-state index contributed by atoms with van der Waals surface area (Å²) in [5.74, 6) is -0.113. The molecule has 1 amide bonds. The highest BCUT2D eigenvalue weighted by Crippen LogP contribution is 2.27. The molecule has 5 nitrogen and oxygen atoms in total. The molecular weight excluding hydrogens is 300 g/mol. The van der Waals surface area contributed by atoms with Crippen molar-refractivity contribution >= 4 is 15.7 Å². The SMILES string of the molecule is CS(=O)(=O)c1ccc(C(=O)N[C@H]2CCN3CCCC[C@@H]23)cc1. The first-order valence-electron chi connectivity index (χ1n) is 7.80. The van der Waals surface area contributed by atoms with Gasteiger partial charge < -0.3 is 5.32 Å². The number of nitrogens with one attached hydrogen (secondary N) is 1. The molecule has 120 valence electrons. The number of hydrogen-bond donors (Lipinski definition) is 1. The van der Waals surface area contributed by atoms with Crippen molar-refractivity contribution in [2.75, 3.05) is 19.3 Å². The summed E-state index contributed by atoms with van der Waals surface area (Å²) in [5.41, 5.74) is 0.515. The molecule has 2 fully saturated rings. The third-order valence-corrected chi connectivity index (χ3v) is 5.85. The fourth-order valence-corrected chi connectivity index (χ4v) is 4.15. The molecule has 0 aliphatic carbocycles. The fourth-order valence-electron chi connectivity index (χ4n) is 3.52. The van der Waals surface area contributed by atoms with E-state index in [1.54, 1.807) is 12.1 Å². The Labute approximate surface area is 131 Å². The zero-order valence-electron chi connectivity index (χ0n) is 12.8. The quantitative estimate of drug-likeness (QED) is 0.914. The Morgan fingerprint density at radius 2 is 1.86 bits per heavy atom. The Morgan fingerprint density at radius 3 is 2.55 bits per heavy atom. The highest BCUT2D eigenvalue weighted by molar-refractivity contribution is 7.90.